The Morgan fingerprint density at radius 1 is 1.40 bits per heavy atom. The van der Waals surface area contributed by atoms with E-state index >= 15 is 0 Å². The van der Waals surface area contributed by atoms with Gasteiger partial charge in [-0.2, -0.15) is 0 Å². The first-order chi connectivity index (χ1) is 4.48. The molecule has 5 nitrogen and oxygen atoms in total. The third kappa shape index (κ3) is 5.30. The van der Waals surface area contributed by atoms with E-state index in [0.717, 1.165) is 0 Å². The van der Waals surface area contributed by atoms with Gasteiger partial charge < -0.3 is 10.0 Å². The van der Waals surface area contributed by atoms with E-state index in [0.29, 0.717) is 0 Å². The van der Waals surface area contributed by atoms with Gasteiger partial charge in [0, 0.05) is 6.44 Å². The minimum Gasteiger partial charge on any atom is -0.426 e. The second-order valence-corrected chi connectivity index (χ2v) is 4.10. The first kappa shape index (κ1) is 10.5. The summed E-state index contributed by atoms with van der Waals surface area (Å²) < 4.78 is 19.6. The van der Waals surface area contributed by atoms with E-state index < -0.39 is 17.9 Å². The van der Waals surface area contributed by atoms with Gasteiger partial charge in [-0.3, -0.25) is 9.11 Å². The van der Waals surface area contributed by atoms with Crippen molar-refractivity contribution < 1.29 is 19.2 Å². The van der Waals surface area contributed by atoms with Gasteiger partial charge >= 0.3 is 7.12 Å². The fourth-order valence-electron chi connectivity index (χ4n) is 0.247. The highest BCUT2D eigenvalue weighted by atomic mass is 35.5. The van der Waals surface area contributed by atoms with E-state index in [1.54, 1.807) is 0 Å². The molecule has 0 bridgehead atoms. The van der Waals surface area contributed by atoms with Gasteiger partial charge in [0.05, 0.1) is 0 Å². The molecule has 0 atom stereocenters. The monoisotopic (exact) mass is 189 g/mol. The predicted molar refractivity (Wildman–Crippen MR) is 41.8 cm³/mol. The second-order valence-electron chi connectivity index (χ2n) is 1.60. The van der Waals surface area contributed by atoms with Crippen LogP contribution in [-0.4, -0.2) is 37.9 Å². The minimum atomic E-state index is -3.02. The Bertz CT molecular complexity index is 103. The zero-order valence-electron chi connectivity index (χ0n) is 5.07. The van der Waals surface area contributed by atoms with Gasteiger partial charge in [-0.25, -0.2) is 4.72 Å². The van der Waals surface area contributed by atoms with Gasteiger partial charge in [-0.1, -0.05) is 0 Å². The van der Waals surface area contributed by atoms with Gasteiger partial charge in [0.2, 0.25) is 0 Å². The summed E-state index contributed by atoms with van der Waals surface area (Å²) in [6.45, 7) is 0. The topological polar surface area (TPSA) is 93.0 Å². The molecule has 0 aromatic carbocycles. The van der Waals surface area contributed by atoms with Crippen LogP contribution in [0.1, 0.15) is 0 Å². The highest BCUT2D eigenvalue weighted by Gasteiger charge is 2.13. The molecule has 0 radical (unpaired) electrons. The lowest BCUT2D eigenvalue weighted by atomic mass is 9.94. The average Bonchev–Trinajstić information content (AvgIpc) is 1.85. The zero-order valence-corrected chi connectivity index (χ0v) is 6.64. The quantitative estimate of drug-likeness (QED) is 0.302. The first-order valence-electron chi connectivity index (χ1n) is 2.40. The molecule has 0 rings (SSSR count). The highest BCUT2D eigenvalue weighted by Crippen LogP contribution is 2.33. The minimum absolute atomic E-state index is 0.310. The molecule has 62 valence electrons. The van der Waals surface area contributed by atoms with Crippen molar-refractivity contribution in [2.75, 3.05) is 11.7 Å². The molecule has 0 unspecified atom stereocenters. The maximum atomic E-state index is 8.75. The maximum absolute atomic E-state index is 8.75. The van der Waals surface area contributed by atoms with E-state index in [2.05, 4.69) is 4.72 Å². The fraction of sp³-hybridized carbons (Fsp3) is 1.00. The number of hydrogen-bond acceptors (Lipinski definition) is 5. The second kappa shape index (κ2) is 4.40. The lowest BCUT2D eigenvalue weighted by molar-refractivity contribution is 0.400. The molecular formula is C2H9BClNO4S. The van der Waals surface area contributed by atoms with Crippen LogP contribution in [0.25, 0.3) is 0 Å². The molecule has 10 heavy (non-hydrogen) atoms. The molecule has 0 aromatic heterocycles. The van der Waals surface area contributed by atoms with Crippen molar-refractivity contribution in [2.45, 2.75) is 0 Å². The van der Waals surface area contributed by atoms with Crippen LogP contribution in [0.15, 0.2) is 0 Å². The van der Waals surface area contributed by atoms with E-state index in [1.807, 2.05) is 0 Å². The third-order valence-electron chi connectivity index (χ3n) is 0.649. The first-order valence-corrected chi connectivity index (χ1v) is 4.65. The summed E-state index contributed by atoms with van der Waals surface area (Å²) >= 11 is 5.09. The lowest BCUT2D eigenvalue weighted by Gasteiger charge is -2.29. The van der Waals surface area contributed by atoms with Crippen molar-refractivity contribution in [3.8, 4) is 0 Å². The van der Waals surface area contributed by atoms with Crippen LogP contribution in [0.2, 0.25) is 0 Å². The lowest BCUT2D eigenvalue weighted by Crippen LogP contribution is -2.33. The Morgan fingerprint density at radius 3 is 2.20 bits per heavy atom. The van der Waals surface area contributed by atoms with Crippen molar-refractivity contribution >= 4 is 29.5 Å². The summed E-state index contributed by atoms with van der Waals surface area (Å²) in [5.74, 6) is 0. The normalized spacial score (nSPS) is 13.3. The number of halogens is 1. The Hall–Kier alpha value is 0.505. The van der Waals surface area contributed by atoms with E-state index in [9.17, 15) is 0 Å². The number of rotatable bonds is 4. The van der Waals surface area contributed by atoms with Crippen LogP contribution in [0.5, 0.6) is 0 Å². The summed E-state index contributed by atoms with van der Waals surface area (Å²) in [4.78, 5) is 0. The molecule has 0 heterocycles. The molecule has 0 saturated heterocycles. The van der Waals surface area contributed by atoms with Crippen molar-refractivity contribution in [3.05, 3.63) is 0 Å². The molecule has 5 N–H and O–H groups in total. The maximum Gasteiger partial charge on any atom is 0.468 e. The van der Waals surface area contributed by atoms with Gasteiger partial charge in [-0.15, -0.1) is 22.4 Å². The summed E-state index contributed by atoms with van der Waals surface area (Å²) in [5, 5.41) is 16.1. The molecule has 8 heteroatoms. The Balaban J connectivity index is 3.46. The summed E-state index contributed by atoms with van der Waals surface area (Å²) in [6.07, 6.45) is -0.310. The summed E-state index contributed by atoms with van der Waals surface area (Å²) in [6, 6.07) is 0. The molecule has 0 fully saturated rings. The standard InChI is InChI=1S/C2H9BClNO4S/c4-2-10(8,9)5-1-3(6)7/h5-9H,1-2H2. The smallest absolute Gasteiger partial charge is 0.426 e. The van der Waals surface area contributed by atoms with Gasteiger partial charge in [0.25, 0.3) is 0 Å². The van der Waals surface area contributed by atoms with Crippen molar-refractivity contribution in [3.63, 3.8) is 0 Å². The number of alkyl halides is 1. The van der Waals surface area contributed by atoms with Gasteiger partial charge in [0.1, 0.15) is 5.21 Å². The van der Waals surface area contributed by atoms with Gasteiger partial charge in [-0.05, 0) is 0 Å². The van der Waals surface area contributed by atoms with Crippen LogP contribution in [0, 0.1) is 0 Å². The average molecular weight is 189 g/mol. The third-order valence-corrected chi connectivity index (χ3v) is 2.50. The SMILES string of the molecule is OB(O)CNS(O)(O)CCl. The van der Waals surface area contributed by atoms with Crippen molar-refractivity contribution in [2.24, 2.45) is 0 Å². The molecule has 0 aliphatic heterocycles. The van der Waals surface area contributed by atoms with Crippen LogP contribution >= 0.6 is 22.4 Å². The molecular weight excluding hydrogens is 180 g/mol. The van der Waals surface area contributed by atoms with Crippen molar-refractivity contribution in [1.29, 1.82) is 0 Å². The number of hydrogen-bond donors (Lipinski definition) is 5. The van der Waals surface area contributed by atoms with Gasteiger partial charge in [0.15, 0.2) is 0 Å². The largest absolute Gasteiger partial charge is 0.468 e. The van der Waals surface area contributed by atoms with Crippen LogP contribution in [0.3, 0.4) is 0 Å². The number of nitrogens with one attached hydrogen (secondary N) is 1. The fourth-order valence-corrected chi connectivity index (χ4v) is 0.971. The Morgan fingerprint density at radius 2 is 1.90 bits per heavy atom. The summed E-state index contributed by atoms with van der Waals surface area (Å²) in [7, 11) is -4.62. The molecule has 0 saturated carbocycles. The highest BCUT2D eigenvalue weighted by molar-refractivity contribution is 8.23. The molecule has 0 spiro atoms. The van der Waals surface area contributed by atoms with E-state index in [-0.39, 0.29) is 11.7 Å². The molecule has 0 aromatic rings. The molecule has 0 aliphatic carbocycles. The molecule has 0 amide bonds. The zero-order chi connectivity index (χ0) is 8.20. The van der Waals surface area contributed by atoms with Crippen molar-refractivity contribution in [1.82, 2.24) is 4.72 Å². The Labute approximate surface area is 65.6 Å². The van der Waals surface area contributed by atoms with E-state index in [1.165, 1.54) is 0 Å². The Kier molecular flexibility index (Phi) is 4.62. The van der Waals surface area contributed by atoms with Crippen LogP contribution in [-0.2, 0) is 0 Å². The molecule has 0 aliphatic rings. The van der Waals surface area contributed by atoms with Crippen LogP contribution in [0.4, 0.5) is 0 Å². The summed E-state index contributed by atoms with van der Waals surface area (Å²) in [5.41, 5.74) is 0. The predicted octanol–water partition coefficient (Wildman–Crippen LogP) is -0.550. The van der Waals surface area contributed by atoms with Crippen LogP contribution < -0.4 is 4.72 Å². The van der Waals surface area contributed by atoms with E-state index in [4.69, 9.17) is 30.8 Å².